The first-order chi connectivity index (χ1) is 3.18. The normalized spacial score (nSPS) is 15.0. The minimum Gasteiger partial charge on any atom is -0.251 e. The maximum absolute atomic E-state index is 11.6. The zero-order valence-corrected chi connectivity index (χ0v) is 5.24. The van der Waals surface area contributed by atoms with E-state index >= 15 is 0 Å². The minimum atomic E-state index is -0.183. The van der Waals surface area contributed by atoms with Crippen molar-refractivity contribution in [1.29, 1.82) is 0 Å². The van der Waals surface area contributed by atoms with Crippen molar-refractivity contribution in [1.82, 2.24) is 0 Å². The lowest BCUT2D eigenvalue weighted by Crippen LogP contribution is -2.04. The first kappa shape index (κ1) is 6.93. The van der Waals surface area contributed by atoms with Crippen LogP contribution in [-0.2, 0) is 0 Å². The number of rotatable bonds is 2. The third kappa shape index (κ3) is 2.60. The summed E-state index contributed by atoms with van der Waals surface area (Å²) in [6.45, 7) is 5.80. The molecule has 0 aliphatic carbocycles. The van der Waals surface area contributed by atoms with Crippen LogP contribution in [0.4, 0.5) is 4.39 Å². The van der Waals surface area contributed by atoms with Crippen LogP contribution in [0, 0.1) is 11.8 Å². The van der Waals surface area contributed by atoms with Gasteiger partial charge in [0.2, 0.25) is 0 Å². The van der Waals surface area contributed by atoms with Gasteiger partial charge in [-0.1, -0.05) is 20.8 Å². The molecule has 0 saturated heterocycles. The van der Waals surface area contributed by atoms with Crippen LogP contribution in [0.15, 0.2) is 0 Å². The molecule has 0 fully saturated rings. The van der Waals surface area contributed by atoms with Gasteiger partial charge in [0, 0.05) is 0 Å². The average molecular weight is 104 g/mol. The second-order valence-electron chi connectivity index (χ2n) is 2.38. The molecule has 0 aliphatic rings. The first-order valence-corrected chi connectivity index (χ1v) is 2.74. The molecule has 0 aromatic carbocycles. The Morgan fingerprint density at radius 3 is 1.71 bits per heavy atom. The molecule has 7 heavy (non-hydrogen) atoms. The highest BCUT2D eigenvalue weighted by Gasteiger charge is 2.03. The van der Waals surface area contributed by atoms with Crippen molar-refractivity contribution in [3.8, 4) is 0 Å². The summed E-state index contributed by atoms with van der Waals surface area (Å²) >= 11 is 0. The van der Waals surface area contributed by atoms with Crippen molar-refractivity contribution in [3.63, 3.8) is 0 Å². The van der Waals surface area contributed by atoms with E-state index in [1.807, 2.05) is 20.8 Å². The molecule has 0 aromatic heterocycles. The molecular formula is C6H13F. The first-order valence-electron chi connectivity index (χ1n) is 2.74. The molecule has 0 amide bonds. The van der Waals surface area contributed by atoms with Crippen molar-refractivity contribution in [2.45, 2.75) is 20.8 Å². The molecule has 1 atom stereocenters. The highest BCUT2D eigenvalue weighted by atomic mass is 19.1. The second kappa shape index (κ2) is 3.00. The fraction of sp³-hybridized carbons (Fsp3) is 1.00. The molecule has 44 valence electrons. The van der Waals surface area contributed by atoms with Crippen LogP contribution in [0.1, 0.15) is 20.8 Å². The number of hydrogen-bond donors (Lipinski definition) is 0. The van der Waals surface area contributed by atoms with Gasteiger partial charge in [0.25, 0.3) is 0 Å². The van der Waals surface area contributed by atoms with Crippen molar-refractivity contribution in [3.05, 3.63) is 0 Å². The van der Waals surface area contributed by atoms with E-state index in [0.717, 1.165) is 0 Å². The van der Waals surface area contributed by atoms with E-state index < -0.39 is 0 Å². The van der Waals surface area contributed by atoms with E-state index in [4.69, 9.17) is 0 Å². The van der Waals surface area contributed by atoms with Crippen LogP contribution in [0.25, 0.3) is 0 Å². The van der Waals surface area contributed by atoms with E-state index in [9.17, 15) is 4.39 Å². The molecule has 0 N–H and O–H groups in total. The Bertz CT molecular complexity index is 41.4. The van der Waals surface area contributed by atoms with Crippen LogP contribution in [0.5, 0.6) is 0 Å². The van der Waals surface area contributed by atoms with Gasteiger partial charge in [0.05, 0.1) is 6.67 Å². The largest absolute Gasteiger partial charge is 0.251 e. The number of hydrogen-bond acceptors (Lipinski definition) is 0. The van der Waals surface area contributed by atoms with E-state index in [2.05, 4.69) is 0 Å². The van der Waals surface area contributed by atoms with Crippen molar-refractivity contribution in [2.75, 3.05) is 6.67 Å². The molecule has 0 nitrogen and oxygen atoms in total. The van der Waals surface area contributed by atoms with Gasteiger partial charge in [-0.05, 0) is 11.8 Å². The maximum Gasteiger partial charge on any atom is 0.0922 e. The van der Waals surface area contributed by atoms with Gasteiger partial charge in [-0.25, -0.2) is 0 Å². The van der Waals surface area contributed by atoms with Crippen LogP contribution in [0.3, 0.4) is 0 Å². The lowest BCUT2D eigenvalue weighted by atomic mass is 10.0. The monoisotopic (exact) mass is 104 g/mol. The van der Waals surface area contributed by atoms with Crippen molar-refractivity contribution < 1.29 is 4.39 Å². The highest BCUT2D eigenvalue weighted by molar-refractivity contribution is 4.52. The Hall–Kier alpha value is -0.0700. The van der Waals surface area contributed by atoms with Crippen LogP contribution in [-0.4, -0.2) is 6.67 Å². The predicted molar refractivity (Wildman–Crippen MR) is 30.0 cm³/mol. The Kier molecular flexibility index (Phi) is 2.97. The average Bonchev–Trinajstić information content (AvgIpc) is 1.65. The number of alkyl halides is 1. The van der Waals surface area contributed by atoms with Crippen molar-refractivity contribution >= 4 is 0 Å². The molecule has 0 aromatic rings. The molecule has 0 bridgehead atoms. The van der Waals surface area contributed by atoms with Gasteiger partial charge in [-0.15, -0.1) is 0 Å². The molecule has 1 heteroatoms. The summed E-state index contributed by atoms with van der Waals surface area (Å²) in [6.07, 6.45) is 0. The van der Waals surface area contributed by atoms with E-state index in [1.54, 1.807) is 0 Å². The topological polar surface area (TPSA) is 0 Å². The highest BCUT2D eigenvalue weighted by Crippen LogP contribution is 2.08. The van der Waals surface area contributed by atoms with E-state index in [1.165, 1.54) is 0 Å². The molecule has 0 heterocycles. The van der Waals surface area contributed by atoms with Crippen LogP contribution >= 0.6 is 0 Å². The maximum atomic E-state index is 11.6. The lowest BCUT2D eigenvalue weighted by Gasteiger charge is -2.08. The van der Waals surface area contributed by atoms with Gasteiger partial charge in [-0.2, -0.15) is 0 Å². The van der Waals surface area contributed by atoms with Gasteiger partial charge < -0.3 is 0 Å². The van der Waals surface area contributed by atoms with Crippen LogP contribution in [0.2, 0.25) is 0 Å². The summed E-state index contributed by atoms with van der Waals surface area (Å²) < 4.78 is 11.6. The molecule has 0 radical (unpaired) electrons. The fourth-order valence-corrected chi connectivity index (χ4v) is 0.178. The Morgan fingerprint density at radius 2 is 1.71 bits per heavy atom. The molecule has 1 unspecified atom stereocenters. The summed E-state index contributed by atoms with van der Waals surface area (Å²) in [4.78, 5) is 0. The summed E-state index contributed by atoms with van der Waals surface area (Å²) in [6, 6.07) is 0. The van der Waals surface area contributed by atoms with E-state index in [0.29, 0.717) is 5.92 Å². The molecule has 0 rings (SSSR count). The van der Waals surface area contributed by atoms with Gasteiger partial charge in [0.15, 0.2) is 0 Å². The molecule has 0 aliphatic heterocycles. The Morgan fingerprint density at radius 1 is 1.29 bits per heavy atom. The smallest absolute Gasteiger partial charge is 0.0922 e. The summed E-state index contributed by atoms with van der Waals surface area (Å²) in [5.74, 6) is 0.727. The molecular weight excluding hydrogens is 91.1 g/mol. The minimum absolute atomic E-state index is 0.183. The fourth-order valence-electron chi connectivity index (χ4n) is 0.178. The van der Waals surface area contributed by atoms with Crippen molar-refractivity contribution in [2.24, 2.45) is 11.8 Å². The predicted octanol–water partition coefficient (Wildman–Crippen LogP) is 2.25. The van der Waals surface area contributed by atoms with Crippen LogP contribution < -0.4 is 0 Å². The summed E-state index contributed by atoms with van der Waals surface area (Å²) in [5.41, 5.74) is 0. The van der Waals surface area contributed by atoms with Gasteiger partial charge >= 0.3 is 0 Å². The summed E-state index contributed by atoms with van der Waals surface area (Å²) in [7, 11) is 0. The number of halogens is 1. The second-order valence-corrected chi connectivity index (χ2v) is 2.38. The Balaban J connectivity index is 3.14. The SMILES string of the molecule is CC(C)C(C)CF. The molecule has 0 spiro atoms. The Labute approximate surface area is 44.7 Å². The quantitative estimate of drug-likeness (QED) is 0.504. The third-order valence-corrected chi connectivity index (χ3v) is 1.38. The summed E-state index contributed by atoms with van der Waals surface area (Å²) in [5, 5.41) is 0. The standard InChI is InChI=1S/C6H13F/c1-5(2)6(3)4-7/h5-6H,4H2,1-3H3. The zero-order valence-electron chi connectivity index (χ0n) is 5.24. The van der Waals surface area contributed by atoms with Gasteiger partial charge in [0.1, 0.15) is 0 Å². The van der Waals surface area contributed by atoms with Gasteiger partial charge in [-0.3, -0.25) is 4.39 Å². The third-order valence-electron chi connectivity index (χ3n) is 1.38. The molecule has 0 saturated carbocycles. The van der Waals surface area contributed by atoms with E-state index in [-0.39, 0.29) is 12.6 Å². The lowest BCUT2D eigenvalue weighted by molar-refractivity contribution is 0.311. The zero-order chi connectivity index (χ0) is 5.86.